The number of carbonyl (C=O) groups excluding carboxylic acids is 1. The van der Waals surface area contributed by atoms with E-state index in [0.717, 1.165) is 0 Å². The Morgan fingerprint density at radius 2 is 1.65 bits per heavy atom. The first-order chi connectivity index (χ1) is 7.99. The summed E-state index contributed by atoms with van der Waals surface area (Å²) in [5, 5.41) is 1.27. The van der Waals surface area contributed by atoms with Crippen LogP contribution in [0.5, 0.6) is 5.75 Å². The average Bonchev–Trinajstić information content (AvgIpc) is 2.26. The van der Waals surface area contributed by atoms with Gasteiger partial charge in [0.1, 0.15) is 5.75 Å². The first-order valence-corrected chi connectivity index (χ1v) is 4.73. The quantitative estimate of drug-likeness (QED) is 0.750. The van der Waals surface area contributed by atoms with Crippen molar-refractivity contribution in [3.8, 4) is 5.75 Å². The number of hydrogen-bond donors (Lipinski definition) is 0. The standard InChI is InChI=1S/C12H7F3O2/c13-12(14,15)17-11-6-9-4-2-1-3-8(9)5-10(11)7-16/h1-7H. The zero-order valence-corrected chi connectivity index (χ0v) is 8.49. The Bertz CT molecular complexity index is 561. The molecule has 0 saturated heterocycles. The third-order valence-electron chi connectivity index (χ3n) is 2.23. The highest BCUT2D eigenvalue weighted by atomic mass is 19.4. The van der Waals surface area contributed by atoms with Crippen LogP contribution in [-0.4, -0.2) is 12.6 Å². The highest BCUT2D eigenvalue weighted by Gasteiger charge is 2.32. The van der Waals surface area contributed by atoms with Gasteiger partial charge in [-0.15, -0.1) is 13.2 Å². The lowest BCUT2D eigenvalue weighted by Crippen LogP contribution is -2.18. The molecule has 2 nitrogen and oxygen atoms in total. The molecule has 0 N–H and O–H groups in total. The number of carbonyl (C=O) groups is 1. The van der Waals surface area contributed by atoms with Crippen LogP contribution in [0.4, 0.5) is 13.2 Å². The molecule has 0 fully saturated rings. The van der Waals surface area contributed by atoms with Crippen LogP contribution in [0.2, 0.25) is 0 Å². The maximum atomic E-state index is 12.1. The third kappa shape index (κ3) is 2.55. The van der Waals surface area contributed by atoms with Gasteiger partial charge < -0.3 is 4.74 Å². The molecule has 0 aliphatic rings. The zero-order chi connectivity index (χ0) is 12.5. The van der Waals surface area contributed by atoms with Gasteiger partial charge in [0.05, 0.1) is 5.56 Å². The van der Waals surface area contributed by atoms with Gasteiger partial charge in [0, 0.05) is 0 Å². The summed E-state index contributed by atoms with van der Waals surface area (Å²) >= 11 is 0. The number of hydrogen-bond acceptors (Lipinski definition) is 2. The maximum Gasteiger partial charge on any atom is 0.573 e. The average molecular weight is 240 g/mol. The summed E-state index contributed by atoms with van der Waals surface area (Å²) in [5.41, 5.74) is -0.124. The Hall–Kier alpha value is -2.04. The molecule has 88 valence electrons. The predicted octanol–water partition coefficient (Wildman–Crippen LogP) is 3.55. The molecule has 0 aliphatic carbocycles. The van der Waals surface area contributed by atoms with Crippen molar-refractivity contribution in [2.24, 2.45) is 0 Å². The Balaban J connectivity index is 2.57. The van der Waals surface area contributed by atoms with Crippen molar-refractivity contribution in [3.63, 3.8) is 0 Å². The third-order valence-corrected chi connectivity index (χ3v) is 2.23. The van der Waals surface area contributed by atoms with E-state index in [2.05, 4.69) is 4.74 Å². The van der Waals surface area contributed by atoms with E-state index in [9.17, 15) is 18.0 Å². The van der Waals surface area contributed by atoms with Crippen LogP contribution < -0.4 is 4.74 Å². The van der Waals surface area contributed by atoms with E-state index in [0.29, 0.717) is 17.1 Å². The minimum atomic E-state index is -4.81. The van der Waals surface area contributed by atoms with Crippen molar-refractivity contribution in [1.82, 2.24) is 0 Å². The molecule has 5 heteroatoms. The van der Waals surface area contributed by atoms with E-state index in [1.165, 1.54) is 12.1 Å². The molecule has 0 amide bonds. The van der Waals surface area contributed by atoms with Crippen LogP contribution >= 0.6 is 0 Å². The van der Waals surface area contributed by atoms with Crippen molar-refractivity contribution >= 4 is 17.1 Å². The van der Waals surface area contributed by atoms with Crippen LogP contribution in [0, 0.1) is 0 Å². The summed E-state index contributed by atoms with van der Waals surface area (Å²) in [4.78, 5) is 10.7. The topological polar surface area (TPSA) is 26.3 Å². The maximum absolute atomic E-state index is 12.1. The summed E-state index contributed by atoms with van der Waals surface area (Å²) in [6.45, 7) is 0. The number of benzene rings is 2. The molecule has 0 aromatic heterocycles. The van der Waals surface area contributed by atoms with Crippen molar-refractivity contribution in [2.75, 3.05) is 0 Å². The monoisotopic (exact) mass is 240 g/mol. The van der Waals surface area contributed by atoms with Gasteiger partial charge in [-0.25, -0.2) is 0 Å². The van der Waals surface area contributed by atoms with Crippen LogP contribution in [0.1, 0.15) is 10.4 Å². The van der Waals surface area contributed by atoms with Crippen molar-refractivity contribution in [3.05, 3.63) is 42.0 Å². The normalized spacial score (nSPS) is 11.5. The summed E-state index contributed by atoms with van der Waals surface area (Å²) in [7, 11) is 0. The predicted molar refractivity (Wildman–Crippen MR) is 56.0 cm³/mol. The molecule has 0 heterocycles. The lowest BCUT2D eigenvalue weighted by atomic mass is 10.1. The fourth-order valence-electron chi connectivity index (χ4n) is 1.54. The zero-order valence-electron chi connectivity index (χ0n) is 8.49. The van der Waals surface area contributed by atoms with Crippen LogP contribution in [0.25, 0.3) is 10.8 Å². The van der Waals surface area contributed by atoms with Gasteiger partial charge in [0.15, 0.2) is 6.29 Å². The summed E-state index contributed by atoms with van der Waals surface area (Å²) in [6, 6.07) is 9.35. The van der Waals surface area contributed by atoms with Gasteiger partial charge in [-0.1, -0.05) is 24.3 Å². The second-order valence-corrected chi connectivity index (χ2v) is 3.40. The molecule has 0 radical (unpaired) electrons. The molecule has 0 saturated carbocycles. The molecule has 0 spiro atoms. The molecule has 2 aromatic carbocycles. The molecule has 2 rings (SSSR count). The molecule has 17 heavy (non-hydrogen) atoms. The van der Waals surface area contributed by atoms with Crippen molar-refractivity contribution in [1.29, 1.82) is 0 Å². The Morgan fingerprint density at radius 1 is 1.06 bits per heavy atom. The second kappa shape index (κ2) is 4.08. The van der Waals surface area contributed by atoms with Gasteiger partial charge >= 0.3 is 6.36 Å². The fourth-order valence-corrected chi connectivity index (χ4v) is 1.54. The first kappa shape index (κ1) is 11.4. The number of rotatable bonds is 2. The summed E-state index contributed by atoms with van der Waals surface area (Å²) < 4.78 is 40.2. The van der Waals surface area contributed by atoms with Gasteiger partial charge in [-0.3, -0.25) is 4.79 Å². The lowest BCUT2D eigenvalue weighted by molar-refractivity contribution is -0.274. The van der Waals surface area contributed by atoms with E-state index in [1.807, 2.05) is 0 Å². The molecular weight excluding hydrogens is 233 g/mol. The van der Waals surface area contributed by atoms with Crippen molar-refractivity contribution < 1.29 is 22.7 Å². The largest absolute Gasteiger partial charge is 0.573 e. The molecule has 0 atom stereocenters. The first-order valence-electron chi connectivity index (χ1n) is 4.73. The van der Waals surface area contributed by atoms with E-state index in [-0.39, 0.29) is 5.56 Å². The second-order valence-electron chi connectivity index (χ2n) is 3.40. The smallest absolute Gasteiger partial charge is 0.405 e. The molecule has 0 bridgehead atoms. The van der Waals surface area contributed by atoms with Crippen LogP contribution in [0.3, 0.4) is 0 Å². The fraction of sp³-hybridized carbons (Fsp3) is 0.0833. The lowest BCUT2D eigenvalue weighted by Gasteiger charge is -2.11. The minimum Gasteiger partial charge on any atom is -0.405 e. The van der Waals surface area contributed by atoms with Gasteiger partial charge in [-0.05, 0) is 22.9 Å². The number of ether oxygens (including phenoxy) is 1. The summed E-state index contributed by atoms with van der Waals surface area (Å²) in [5.74, 6) is -0.480. The highest BCUT2D eigenvalue weighted by Crippen LogP contribution is 2.29. The summed E-state index contributed by atoms with van der Waals surface area (Å²) in [6.07, 6.45) is -4.46. The minimum absolute atomic E-state index is 0.124. The molecule has 0 aliphatic heterocycles. The molecular formula is C12H7F3O2. The number of fused-ring (bicyclic) bond motifs is 1. The highest BCUT2D eigenvalue weighted by molar-refractivity contribution is 5.92. The number of aldehydes is 1. The van der Waals surface area contributed by atoms with Crippen molar-refractivity contribution in [2.45, 2.75) is 6.36 Å². The number of alkyl halides is 3. The van der Waals surface area contributed by atoms with E-state index < -0.39 is 12.1 Å². The van der Waals surface area contributed by atoms with Gasteiger partial charge in [0.2, 0.25) is 0 Å². The van der Waals surface area contributed by atoms with E-state index in [4.69, 9.17) is 0 Å². The Labute approximate surface area is 94.6 Å². The van der Waals surface area contributed by atoms with Gasteiger partial charge in [-0.2, -0.15) is 0 Å². The Kier molecular flexibility index (Phi) is 2.75. The number of halogens is 3. The van der Waals surface area contributed by atoms with Crippen LogP contribution in [0.15, 0.2) is 36.4 Å². The molecule has 2 aromatic rings. The SMILES string of the molecule is O=Cc1cc2ccccc2cc1OC(F)(F)F. The molecule has 0 unspecified atom stereocenters. The van der Waals surface area contributed by atoms with E-state index >= 15 is 0 Å². The van der Waals surface area contributed by atoms with E-state index in [1.54, 1.807) is 24.3 Å². The van der Waals surface area contributed by atoms with Crippen LogP contribution in [-0.2, 0) is 0 Å². The Morgan fingerprint density at radius 3 is 2.18 bits per heavy atom. The van der Waals surface area contributed by atoms with Gasteiger partial charge in [0.25, 0.3) is 0 Å².